The summed E-state index contributed by atoms with van der Waals surface area (Å²) in [5, 5.41) is 28.0. The molecule has 0 aliphatic heterocycles. The molecule has 0 bridgehead atoms. The van der Waals surface area contributed by atoms with Gasteiger partial charge in [-0.1, -0.05) is 244 Å². The number of aryl methyl sites for hydroxylation is 6. The van der Waals surface area contributed by atoms with Gasteiger partial charge >= 0.3 is 0 Å². The summed E-state index contributed by atoms with van der Waals surface area (Å²) < 4.78 is 7.26. The lowest BCUT2D eigenvalue weighted by Gasteiger charge is -2.08. The first-order valence-electron chi connectivity index (χ1n) is 44.1. The Morgan fingerprint density at radius 3 is 1.09 bits per heavy atom. The van der Waals surface area contributed by atoms with Crippen molar-refractivity contribution in [1.82, 2.24) is 109 Å². The summed E-state index contributed by atoms with van der Waals surface area (Å²) in [7, 11) is 5.69. The summed E-state index contributed by atoms with van der Waals surface area (Å²) in [6, 6.07) is 60.1. The lowest BCUT2D eigenvalue weighted by molar-refractivity contribution is 0.697. The molecule has 22 rings (SSSR count). The van der Waals surface area contributed by atoms with Crippen LogP contribution < -0.4 is 22.9 Å². The molecule has 0 saturated carbocycles. The van der Waals surface area contributed by atoms with Crippen LogP contribution in [0.25, 0.3) is 71.8 Å². The van der Waals surface area contributed by atoms with Gasteiger partial charge in [-0.25, -0.2) is 59.5 Å². The molecular weight excluding hydrogens is 1550 g/mol. The van der Waals surface area contributed by atoms with E-state index in [4.69, 9.17) is 28.0 Å². The zero-order valence-corrected chi connectivity index (χ0v) is 76.2. The predicted molar refractivity (Wildman–Crippen MR) is 515 cm³/mol. The van der Waals surface area contributed by atoms with Crippen molar-refractivity contribution in [2.45, 2.75) is 186 Å². The number of nitrogens with two attached hydrogens (primary N) is 4. The molecule has 125 heavy (non-hydrogen) atoms. The Hall–Kier alpha value is -14.0. The smallest absolute Gasteiger partial charge is 0.153 e. The first-order chi connectivity index (χ1) is 61.5. The Labute approximate surface area is 735 Å². The molecule has 26 heteroatoms. The van der Waals surface area contributed by atoms with Crippen molar-refractivity contribution in [2.75, 3.05) is 22.9 Å². The normalized spacial score (nSPS) is 13.5. The van der Waals surface area contributed by atoms with E-state index in [2.05, 4.69) is 182 Å². The molecule has 12 aromatic heterocycles. The third kappa shape index (κ3) is 22.8. The van der Waals surface area contributed by atoms with Crippen LogP contribution in [0.4, 0.5) is 23.3 Å². The number of H-pyrrole nitrogens is 2. The number of pyridine rings is 1. The summed E-state index contributed by atoms with van der Waals surface area (Å²) in [5.74, 6) is 3.17. The fourth-order valence-corrected chi connectivity index (χ4v) is 15.5. The molecule has 0 spiro atoms. The van der Waals surface area contributed by atoms with E-state index in [1.807, 2.05) is 222 Å². The number of aromatic amines is 2. The molecule has 0 fully saturated rings. The van der Waals surface area contributed by atoms with E-state index >= 15 is 0 Å². The highest BCUT2D eigenvalue weighted by Gasteiger charge is 2.33. The zero-order valence-electron chi connectivity index (χ0n) is 76.2. The maximum atomic E-state index is 6.18. The van der Waals surface area contributed by atoms with Gasteiger partial charge in [0, 0.05) is 80.4 Å². The maximum absolute atomic E-state index is 6.18. The zero-order chi connectivity index (χ0) is 90.3. The number of nitrogens with one attached hydrogen (secondary N) is 2. The van der Waals surface area contributed by atoms with Crippen molar-refractivity contribution in [3.05, 3.63) is 306 Å². The fraction of sp³-hybridized carbons (Fsp3) is 0.313. The van der Waals surface area contributed by atoms with Gasteiger partial charge in [-0.3, -0.25) is 19.1 Å². The van der Waals surface area contributed by atoms with Crippen LogP contribution in [0.15, 0.2) is 239 Å². The van der Waals surface area contributed by atoms with Gasteiger partial charge < -0.3 is 27.9 Å². The van der Waals surface area contributed by atoms with E-state index < -0.39 is 0 Å². The molecule has 6 aromatic carbocycles. The summed E-state index contributed by atoms with van der Waals surface area (Å²) in [4.78, 5) is 48.5. The number of hydrogen-bond donors (Lipinski definition) is 6. The fourth-order valence-electron chi connectivity index (χ4n) is 15.5. The maximum Gasteiger partial charge on any atom is 0.153 e. The Bertz CT molecular complexity index is 5700. The van der Waals surface area contributed by atoms with Crippen molar-refractivity contribution < 1.29 is 0 Å². The molecule has 0 amide bonds. The van der Waals surface area contributed by atoms with Gasteiger partial charge in [-0.15, -0.1) is 0 Å². The summed E-state index contributed by atoms with van der Waals surface area (Å²) in [5.41, 5.74) is 49.0. The summed E-state index contributed by atoms with van der Waals surface area (Å²) >= 11 is 0. The van der Waals surface area contributed by atoms with Gasteiger partial charge in [0.1, 0.15) is 81.4 Å². The number of rotatable bonds is 5. The minimum absolute atomic E-state index is 0.309. The number of nitrogen functional groups attached to an aromatic ring is 4. The average molecular weight is 1680 g/mol. The second kappa shape index (κ2) is 49.8. The van der Waals surface area contributed by atoms with Gasteiger partial charge in [0.05, 0.1) is 40.2 Å². The van der Waals surface area contributed by atoms with Crippen molar-refractivity contribution >= 4 is 89.3 Å². The Balaban J connectivity index is 0.000000181. The number of aromatic nitrogens is 22. The van der Waals surface area contributed by atoms with Crippen molar-refractivity contribution in [1.29, 1.82) is 0 Å². The van der Waals surface area contributed by atoms with Crippen LogP contribution in [0.5, 0.6) is 0 Å². The van der Waals surface area contributed by atoms with E-state index in [-0.39, 0.29) is 0 Å². The van der Waals surface area contributed by atoms with Crippen LogP contribution in [0.2, 0.25) is 0 Å². The van der Waals surface area contributed by atoms with E-state index in [0.29, 0.717) is 46.9 Å². The van der Waals surface area contributed by atoms with Crippen LogP contribution in [0.1, 0.15) is 221 Å². The average Bonchev–Trinajstić information content (AvgIpc) is 1.63. The molecule has 3 atom stereocenters. The first kappa shape index (κ1) is 96.4. The molecular formula is C99H126N26. The van der Waals surface area contributed by atoms with Crippen LogP contribution in [-0.4, -0.2) is 109 Å². The molecule has 10 N–H and O–H groups in total. The standard InChI is InChI=1S/C20H17N5.3C15H15N5.2C7H6N2.C4H4N2.8C2H6/c21-20-19-18(22-12-23-20)17(24-25(19)16-8-2-1-3-9-16)15-10-13-6-4-5-7-14(13)11-15;3*1-20-14-13(17-8-18-15(14)16)12(19-20)11-7-6-9-4-2-3-5-10(9)11;1-2-6-3-5-9-7(6)8-4-1;1-2-4-7-6(3-1)5-8-9-7;1-2-5-4-6-3-1;8*1-2/h1-9,12,15H,10-11H2,(H2,21,22,23);3*2-5,8,11H,6-7H2,1H3,(H2,16,17,18);2*1-5H,(H,8,9);1-4H;8*1-2H3. The van der Waals surface area contributed by atoms with Crippen LogP contribution >= 0.6 is 0 Å². The highest BCUT2D eigenvalue weighted by Crippen LogP contribution is 2.44. The number of benzene rings is 6. The van der Waals surface area contributed by atoms with Gasteiger partial charge in [0.15, 0.2) is 23.3 Å². The van der Waals surface area contributed by atoms with E-state index in [1.54, 1.807) is 38.7 Å². The second-order valence-electron chi connectivity index (χ2n) is 27.0. The van der Waals surface area contributed by atoms with Gasteiger partial charge in [0.2, 0.25) is 0 Å². The van der Waals surface area contributed by atoms with E-state index in [1.165, 1.54) is 76.1 Å². The number of nitrogens with zero attached hydrogens (tertiary/aromatic N) is 20. The summed E-state index contributed by atoms with van der Waals surface area (Å²) in [6.45, 7) is 32.0. The molecule has 0 radical (unpaired) electrons. The van der Waals surface area contributed by atoms with Crippen molar-refractivity contribution in [2.24, 2.45) is 21.1 Å². The highest BCUT2D eigenvalue weighted by atomic mass is 15.3. The Kier molecular flexibility index (Phi) is 38.4. The van der Waals surface area contributed by atoms with E-state index in [0.717, 1.165) is 146 Å². The number of anilines is 4. The number of fused-ring (bicyclic) bond motifs is 10. The summed E-state index contributed by atoms with van der Waals surface area (Å²) in [6.07, 6.45) is 24.9. The van der Waals surface area contributed by atoms with Crippen LogP contribution in [-0.2, 0) is 53.2 Å². The molecule has 18 aromatic rings. The molecule has 4 aliphatic carbocycles. The minimum atomic E-state index is 0.309. The molecule has 3 unspecified atom stereocenters. The minimum Gasteiger partial charge on any atom is -0.382 e. The topological polar surface area (TPSA) is 362 Å². The van der Waals surface area contributed by atoms with E-state index in [9.17, 15) is 0 Å². The molecule has 0 saturated heterocycles. The Morgan fingerprint density at radius 2 is 0.696 bits per heavy atom. The van der Waals surface area contributed by atoms with Crippen molar-refractivity contribution in [3.8, 4) is 5.69 Å². The van der Waals surface area contributed by atoms with Crippen molar-refractivity contribution in [3.63, 3.8) is 0 Å². The SMILES string of the molecule is CC.CC.CC.CC.CC.CC.CC.CC.Cn1nc(C2CCc3ccccc32)c2ncnc(N)c21.Cn1nc(C2CCc3ccccc32)c2ncnc(N)c21.Cn1nc(C2CCc3ccccc32)c2ncnc(N)c21.Nc1ncnc2c(C3Cc4ccccc4C3)nn(-c3ccccc3)c12.c1ccc2[nH]ncc2c1.c1cnc2[nH]ccc2c1.c1cncnc1. The monoisotopic (exact) mass is 1680 g/mol. The third-order valence-electron chi connectivity index (χ3n) is 20.5. The van der Waals surface area contributed by atoms with Gasteiger partial charge in [-0.2, -0.15) is 25.5 Å². The molecule has 4 aliphatic rings. The van der Waals surface area contributed by atoms with Crippen LogP contribution in [0.3, 0.4) is 0 Å². The third-order valence-corrected chi connectivity index (χ3v) is 20.5. The molecule has 652 valence electrons. The van der Waals surface area contributed by atoms with Crippen LogP contribution in [0, 0.1) is 0 Å². The van der Waals surface area contributed by atoms with Gasteiger partial charge in [0.25, 0.3) is 0 Å². The lowest BCUT2D eigenvalue weighted by atomic mass is 9.97. The highest BCUT2D eigenvalue weighted by molar-refractivity contribution is 5.90. The molecule has 26 nitrogen and oxygen atoms in total. The lowest BCUT2D eigenvalue weighted by Crippen LogP contribution is -2.02. The quantitative estimate of drug-likeness (QED) is 0.0932. The molecule has 12 heterocycles. The predicted octanol–water partition coefficient (Wildman–Crippen LogP) is 21.2. The Morgan fingerprint density at radius 1 is 0.328 bits per heavy atom. The number of para-hydroxylation sites is 2. The van der Waals surface area contributed by atoms with Gasteiger partial charge in [-0.05, 0) is 138 Å². The second-order valence-corrected chi connectivity index (χ2v) is 27.0. The largest absolute Gasteiger partial charge is 0.382 e. The first-order valence-corrected chi connectivity index (χ1v) is 44.1. The number of hydrogen-bond acceptors (Lipinski definition) is 20.